The molecular formula is C22H23N5O2. The largest absolute Gasteiger partial charge is 0.326 e. The van der Waals surface area contributed by atoms with Gasteiger partial charge in [-0.25, -0.2) is 9.97 Å². The molecular weight excluding hydrogens is 366 g/mol. The van der Waals surface area contributed by atoms with Crippen LogP contribution in [0.15, 0.2) is 60.8 Å². The summed E-state index contributed by atoms with van der Waals surface area (Å²) >= 11 is 0. The first kappa shape index (κ1) is 20.0. The number of anilines is 4. The smallest absolute Gasteiger partial charge is 0.274 e. The number of amides is 2. The van der Waals surface area contributed by atoms with Crippen LogP contribution in [-0.2, 0) is 4.79 Å². The minimum atomic E-state index is -0.311. The van der Waals surface area contributed by atoms with Crippen molar-refractivity contribution in [2.24, 2.45) is 0 Å². The van der Waals surface area contributed by atoms with Gasteiger partial charge in [0, 0.05) is 30.2 Å². The topological polar surface area (TPSA) is 96.0 Å². The number of carbonyl (C=O) groups excluding carboxylic acids is 2. The highest BCUT2D eigenvalue weighted by Crippen LogP contribution is 2.19. The third-order valence-corrected chi connectivity index (χ3v) is 4.18. The molecule has 1 heterocycles. The normalized spacial score (nSPS) is 10.5. The van der Waals surface area contributed by atoms with Gasteiger partial charge in [-0.2, -0.15) is 0 Å². The van der Waals surface area contributed by atoms with E-state index >= 15 is 0 Å². The molecule has 0 spiro atoms. The third-order valence-electron chi connectivity index (χ3n) is 4.18. The molecule has 7 heteroatoms. The molecule has 3 N–H and O–H groups in total. The summed E-state index contributed by atoms with van der Waals surface area (Å²) in [5.41, 5.74) is 3.61. The van der Waals surface area contributed by atoms with Crippen molar-refractivity contribution < 1.29 is 9.59 Å². The molecule has 0 fully saturated rings. The number of benzene rings is 2. The fourth-order valence-corrected chi connectivity index (χ4v) is 2.66. The van der Waals surface area contributed by atoms with Gasteiger partial charge < -0.3 is 16.0 Å². The van der Waals surface area contributed by atoms with Crippen molar-refractivity contribution in [3.63, 3.8) is 0 Å². The Morgan fingerprint density at radius 2 is 1.41 bits per heavy atom. The Labute approximate surface area is 169 Å². The van der Waals surface area contributed by atoms with E-state index in [1.807, 2.05) is 24.3 Å². The van der Waals surface area contributed by atoms with E-state index in [-0.39, 0.29) is 17.5 Å². The molecule has 0 aliphatic carbocycles. The van der Waals surface area contributed by atoms with Gasteiger partial charge in [-0.3, -0.25) is 9.59 Å². The van der Waals surface area contributed by atoms with Crippen molar-refractivity contribution in [2.45, 2.75) is 26.7 Å². The van der Waals surface area contributed by atoms with Crippen molar-refractivity contribution in [2.75, 3.05) is 16.0 Å². The van der Waals surface area contributed by atoms with Gasteiger partial charge in [-0.05, 0) is 53.9 Å². The highest BCUT2D eigenvalue weighted by Gasteiger charge is 2.10. The monoisotopic (exact) mass is 389 g/mol. The standard InChI is InChI=1S/C22H23N5O2/c1-14(2)16-4-6-18(7-5-16)25-21(29)20-12-13-23-22(27-20)26-19-10-8-17(9-11-19)24-15(3)28/h4-14H,1-3H3,(H,24,28)(H,25,29)(H,23,26,27). The molecule has 2 aromatic carbocycles. The van der Waals surface area contributed by atoms with Gasteiger partial charge in [-0.1, -0.05) is 26.0 Å². The van der Waals surface area contributed by atoms with Gasteiger partial charge in [0.15, 0.2) is 0 Å². The average molecular weight is 389 g/mol. The van der Waals surface area contributed by atoms with E-state index in [1.54, 1.807) is 30.3 Å². The zero-order valence-electron chi connectivity index (χ0n) is 16.6. The van der Waals surface area contributed by atoms with Gasteiger partial charge >= 0.3 is 0 Å². The summed E-state index contributed by atoms with van der Waals surface area (Å²) in [5, 5.41) is 8.59. The van der Waals surface area contributed by atoms with Crippen molar-refractivity contribution in [3.05, 3.63) is 72.1 Å². The van der Waals surface area contributed by atoms with E-state index in [1.165, 1.54) is 18.7 Å². The molecule has 3 rings (SSSR count). The zero-order valence-corrected chi connectivity index (χ0v) is 16.6. The molecule has 3 aromatic rings. The number of rotatable bonds is 6. The summed E-state index contributed by atoms with van der Waals surface area (Å²) in [5.74, 6) is 0.294. The Balaban J connectivity index is 1.66. The zero-order chi connectivity index (χ0) is 20.8. The number of hydrogen-bond donors (Lipinski definition) is 3. The van der Waals surface area contributed by atoms with Crippen LogP contribution in [0.1, 0.15) is 42.7 Å². The summed E-state index contributed by atoms with van der Waals surface area (Å²) in [7, 11) is 0. The highest BCUT2D eigenvalue weighted by molar-refractivity contribution is 6.03. The molecule has 0 unspecified atom stereocenters. The Morgan fingerprint density at radius 1 is 0.828 bits per heavy atom. The number of nitrogens with zero attached hydrogens (tertiary/aromatic N) is 2. The lowest BCUT2D eigenvalue weighted by molar-refractivity contribution is -0.114. The summed E-state index contributed by atoms with van der Waals surface area (Å²) < 4.78 is 0. The summed E-state index contributed by atoms with van der Waals surface area (Å²) in [6.45, 7) is 5.70. The maximum absolute atomic E-state index is 12.5. The van der Waals surface area contributed by atoms with E-state index in [4.69, 9.17) is 0 Å². The van der Waals surface area contributed by atoms with Crippen LogP contribution in [0.5, 0.6) is 0 Å². The van der Waals surface area contributed by atoms with Crippen molar-refractivity contribution in [1.29, 1.82) is 0 Å². The number of aromatic nitrogens is 2. The predicted octanol–water partition coefficient (Wildman–Crippen LogP) is 4.55. The van der Waals surface area contributed by atoms with Gasteiger partial charge in [0.05, 0.1) is 0 Å². The lowest BCUT2D eigenvalue weighted by Crippen LogP contribution is -2.14. The minimum Gasteiger partial charge on any atom is -0.326 e. The van der Waals surface area contributed by atoms with Crippen molar-refractivity contribution in [3.8, 4) is 0 Å². The summed E-state index contributed by atoms with van der Waals surface area (Å²) in [4.78, 5) is 32.0. The van der Waals surface area contributed by atoms with Crippen LogP contribution in [0, 0.1) is 0 Å². The van der Waals surface area contributed by atoms with Crippen LogP contribution in [-0.4, -0.2) is 21.8 Å². The third kappa shape index (κ3) is 5.62. The quantitative estimate of drug-likeness (QED) is 0.575. The van der Waals surface area contributed by atoms with Gasteiger partial charge in [0.2, 0.25) is 11.9 Å². The first-order valence-electron chi connectivity index (χ1n) is 9.30. The first-order valence-corrected chi connectivity index (χ1v) is 9.30. The molecule has 0 atom stereocenters. The molecule has 7 nitrogen and oxygen atoms in total. The summed E-state index contributed by atoms with van der Waals surface area (Å²) in [6, 6.07) is 16.4. The SMILES string of the molecule is CC(=O)Nc1ccc(Nc2nccc(C(=O)Nc3ccc(C(C)C)cc3)n2)cc1. The molecule has 29 heavy (non-hydrogen) atoms. The molecule has 0 aliphatic heterocycles. The second-order valence-corrected chi connectivity index (χ2v) is 6.88. The molecule has 0 radical (unpaired) electrons. The molecule has 0 saturated heterocycles. The van der Waals surface area contributed by atoms with Crippen LogP contribution < -0.4 is 16.0 Å². The first-order chi connectivity index (χ1) is 13.9. The maximum atomic E-state index is 12.5. The van der Waals surface area contributed by atoms with Crippen molar-refractivity contribution in [1.82, 2.24) is 9.97 Å². The molecule has 0 bridgehead atoms. The van der Waals surface area contributed by atoms with E-state index in [0.717, 1.165) is 5.69 Å². The Morgan fingerprint density at radius 3 is 2.03 bits per heavy atom. The van der Waals surface area contributed by atoms with E-state index < -0.39 is 0 Å². The van der Waals surface area contributed by atoms with Crippen molar-refractivity contribution >= 4 is 34.8 Å². The average Bonchev–Trinajstić information content (AvgIpc) is 2.70. The number of carbonyl (C=O) groups is 2. The fourth-order valence-electron chi connectivity index (χ4n) is 2.66. The van der Waals surface area contributed by atoms with Gasteiger partial charge in [0.1, 0.15) is 5.69 Å². The maximum Gasteiger partial charge on any atom is 0.274 e. The fraction of sp³-hybridized carbons (Fsp3) is 0.182. The van der Waals surface area contributed by atoms with E-state index in [2.05, 4.69) is 39.8 Å². The number of hydrogen-bond acceptors (Lipinski definition) is 5. The van der Waals surface area contributed by atoms with E-state index in [0.29, 0.717) is 23.2 Å². The van der Waals surface area contributed by atoms with Crippen LogP contribution in [0.3, 0.4) is 0 Å². The van der Waals surface area contributed by atoms with Crippen LogP contribution in [0.2, 0.25) is 0 Å². The lowest BCUT2D eigenvalue weighted by atomic mass is 10.0. The van der Waals surface area contributed by atoms with Crippen LogP contribution in [0.25, 0.3) is 0 Å². The lowest BCUT2D eigenvalue weighted by Gasteiger charge is -2.09. The molecule has 2 amide bonds. The number of nitrogens with one attached hydrogen (secondary N) is 3. The second kappa shape index (κ2) is 8.97. The van der Waals surface area contributed by atoms with Gasteiger partial charge in [0.25, 0.3) is 5.91 Å². The molecule has 0 saturated carbocycles. The molecule has 1 aromatic heterocycles. The minimum absolute atomic E-state index is 0.133. The van der Waals surface area contributed by atoms with Gasteiger partial charge in [-0.15, -0.1) is 0 Å². The van der Waals surface area contributed by atoms with Crippen LogP contribution >= 0.6 is 0 Å². The Bertz CT molecular complexity index is 998. The highest BCUT2D eigenvalue weighted by atomic mass is 16.2. The molecule has 148 valence electrons. The summed E-state index contributed by atoms with van der Waals surface area (Å²) in [6.07, 6.45) is 1.53. The van der Waals surface area contributed by atoms with E-state index in [9.17, 15) is 9.59 Å². The predicted molar refractivity (Wildman–Crippen MR) is 115 cm³/mol. The Hall–Kier alpha value is -3.74. The van der Waals surface area contributed by atoms with Crippen LogP contribution in [0.4, 0.5) is 23.0 Å². The Kier molecular flexibility index (Phi) is 6.19. The molecule has 0 aliphatic rings. The second-order valence-electron chi connectivity index (χ2n) is 6.88.